The van der Waals surface area contributed by atoms with Crippen molar-refractivity contribution in [2.24, 2.45) is 0 Å². The van der Waals surface area contributed by atoms with E-state index in [2.05, 4.69) is 10.3 Å². The number of carbonyl (C=O) groups excluding carboxylic acids is 1. The predicted octanol–water partition coefficient (Wildman–Crippen LogP) is 1.61. The lowest BCUT2D eigenvalue weighted by Crippen LogP contribution is -2.27. The molecule has 3 N–H and O–H groups in total. The van der Waals surface area contributed by atoms with E-state index in [0.29, 0.717) is 5.69 Å². The average molecular weight is 287 g/mol. The zero-order chi connectivity index (χ0) is 15.6. The zero-order valence-electron chi connectivity index (χ0n) is 12.1. The number of hydrogen-bond donors (Lipinski definition) is 3. The summed E-state index contributed by atoms with van der Waals surface area (Å²) in [5, 5.41) is 2.73. The fourth-order valence-electron chi connectivity index (χ4n) is 2.03. The van der Waals surface area contributed by atoms with E-state index in [1.165, 1.54) is 0 Å². The molecule has 0 atom stereocenters. The van der Waals surface area contributed by atoms with Crippen LogP contribution in [-0.4, -0.2) is 15.9 Å². The normalized spacial score (nSPS) is 11.2. The van der Waals surface area contributed by atoms with Crippen molar-refractivity contribution in [3.8, 4) is 0 Å². The molecule has 0 saturated carbocycles. The molecule has 1 amide bonds. The third-order valence-electron chi connectivity index (χ3n) is 2.99. The summed E-state index contributed by atoms with van der Waals surface area (Å²) in [6.45, 7) is 6.10. The maximum atomic E-state index is 12.2. The lowest BCUT2D eigenvalue weighted by atomic mass is 9.86. The first kappa shape index (κ1) is 14.8. The number of rotatable bonds is 2. The highest BCUT2D eigenvalue weighted by Gasteiger charge is 2.19. The first-order valence-corrected chi connectivity index (χ1v) is 6.52. The molecule has 0 unspecified atom stereocenters. The molecule has 1 aromatic carbocycles. The number of aromatic amines is 2. The van der Waals surface area contributed by atoms with Crippen molar-refractivity contribution in [2.75, 3.05) is 5.32 Å². The van der Waals surface area contributed by atoms with Gasteiger partial charge in [0.25, 0.3) is 11.5 Å². The van der Waals surface area contributed by atoms with Gasteiger partial charge in [0.1, 0.15) is 5.69 Å². The lowest BCUT2D eigenvalue weighted by Gasteiger charge is -2.22. The molecule has 0 spiro atoms. The summed E-state index contributed by atoms with van der Waals surface area (Å²) in [5.74, 6) is -0.532. The van der Waals surface area contributed by atoms with Crippen molar-refractivity contribution in [3.63, 3.8) is 0 Å². The van der Waals surface area contributed by atoms with E-state index in [0.717, 1.165) is 11.6 Å². The van der Waals surface area contributed by atoms with Gasteiger partial charge in [0, 0.05) is 11.8 Å². The molecule has 0 radical (unpaired) electrons. The standard InChI is InChI=1S/C15H17N3O3/c1-15(2,3)9-6-4-5-7-10(9)16-13(20)11-8-12(19)18-14(21)17-11/h4-8H,1-3H3,(H,16,20)(H2,17,18,19,21). The Morgan fingerprint density at radius 3 is 2.38 bits per heavy atom. The molecule has 6 nitrogen and oxygen atoms in total. The molecule has 110 valence electrons. The monoisotopic (exact) mass is 287 g/mol. The maximum absolute atomic E-state index is 12.2. The SMILES string of the molecule is CC(C)(C)c1ccccc1NC(=O)c1cc(=O)[nH]c(=O)[nH]1. The van der Waals surface area contributed by atoms with Crippen molar-refractivity contribution in [1.29, 1.82) is 0 Å². The van der Waals surface area contributed by atoms with Crippen LogP contribution in [-0.2, 0) is 5.41 Å². The number of aromatic nitrogens is 2. The van der Waals surface area contributed by atoms with Gasteiger partial charge in [-0.15, -0.1) is 0 Å². The molecular weight excluding hydrogens is 270 g/mol. The molecule has 2 aromatic rings. The van der Waals surface area contributed by atoms with E-state index in [4.69, 9.17) is 0 Å². The van der Waals surface area contributed by atoms with Gasteiger partial charge in [-0.2, -0.15) is 0 Å². The Morgan fingerprint density at radius 2 is 1.76 bits per heavy atom. The fraction of sp³-hybridized carbons (Fsp3) is 0.267. The van der Waals surface area contributed by atoms with Crippen LogP contribution in [0, 0.1) is 0 Å². The summed E-state index contributed by atoms with van der Waals surface area (Å²) >= 11 is 0. The molecular formula is C15H17N3O3. The van der Waals surface area contributed by atoms with Crippen LogP contribution < -0.4 is 16.6 Å². The van der Waals surface area contributed by atoms with Crippen molar-refractivity contribution in [2.45, 2.75) is 26.2 Å². The fourth-order valence-corrected chi connectivity index (χ4v) is 2.03. The predicted molar refractivity (Wildman–Crippen MR) is 80.8 cm³/mol. The molecule has 0 aliphatic carbocycles. The quantitative estimate of drug-likeness (QED) is 0.783. The minimum absolute atomic E-state index is 0.0764. The molecule has 1 heterocycles. The summed E-state index contributed by atoms with van der Waals surface area (Å²) in [6.07, 6.45) is 0. The number of H-pyrrole nitrogens is 2. The molecule has 0 fully saturated rings. The van der Waals surface area contributed by atoms with Gasteiger partial charge in [0.2, 0.25) is 0 Å². The van der Waals surface area contributed by atoms with Crippen LogP contribution in [0.3, 0.4) is 0 Å². The highest BCUT2D eigenvalue weighted by Crippen LogP contribution is 2.29. The Labute approximate surface area is 121 Å². The summed E-state index contributed by atoms with van der Waals surface area (Å²) in [6, 6.07) is 8.47. The number of benzene rings is 1. The Hall–Kier alpha value is -2.63. The van der Waals surface area contributed by atoms with Crippen LogP contribution in [0.2, 0.25) is 0 Å². The van der Waals surface area contributed by atoms with Gasteiger partial charge in [0.05, 0.1) is 0 Å². The third kappa shape index (κ3) is 3.47. The van der Waals surface area contributed by atoms with E-state index >= 15 is 0 Å². The first-order valence-electron chi connectivity index (χ1n) is 6.52. The minimum atomic E-state index is -0.711. The van der Waals surface area contributed by atoms with E-state index in [1.807, 2.05) is 44.0 Å². The Morgan fingerprint density at radius 1 is 1.10 bits per heavy atom. The molecule has 2 rings (SSSR count). The average Bonchev–Trinajstić information content (AvgIpc) is 2.37. The van der Waals surface area contributed by atoms with Crippen LogP contribution in [0.1, 0.15) is 36.8 Å². The van der Waals surface area contributed by atoms with Gasteiger partial charge in [-0.3, -0.25) is 14.6 Å². The molecule has 1 aromatic heterocycles. The molecule has 21 heavy (non-hydrogen) atoms. The number of hydrogen-bond acceptors (Lipinski definition) is 3. The van der Waals surface area contributed by atoms with E-state index in [9.17, 15) is 14.4 Å². The van der Waals surface area contributed by atoms with Gasteiger partial charge in [-0.25, -0.2) is 4.79 Å². The number of anilines is 1. The number of carbonyl (C=O) groups is 1. The van der Waals surface area contributed by atoms with Crippen LogP contribution in [0.5, 0.6) is 0 Å². The van der Waals surface area contributed by atoms with E-state index < -0.39 is 17.2 Å². The smallest absolute Gasteiger partial charge is 0.320 e. The third-order valence-corrected chi connectivity index (χ3v) is 2.99. The van der Waals surface area contributed by atoms with Gasteiger partial charge in [-0.1, -0.05) is 39.0 Å². The van der Waals surface area contributed by atoms with Crippen molar-refractivity contribution in [3.05, 3.63) is 62.4 Å². The van der Waals surface area contributed by atoms with E-state index in [1.54, 1.807) is 6.07 Å². The molecule has 0 bridgehead atoms. The van der Waals surface area contributed by atoms with Gasteiger partial charge < -0.3 is 10.3 Å². The highest BCUT2D eigenvalue weighted by atomic mass is 16.2. The topological polar surface area (TPSA) is 94.8 Å². The number of amides is 1. The molecule has 6 heteroatoms. The second kappa shape index (κ2) is 5.40. The second-order valence-electron chi connectivity index (χ2n) is 5.75. The minimum Gasteiger partial charge on any atom is -0.320 e. The summed E-state index contributed by atoms with van der Waals surface area (Å²) in [5.41, 5.74) is 0.0599. The van der Waals surface area contributed by atoms with E-state index in [-0.39, 0.29) is 11.1 Å². The number of para-hydroxylation sites is 1. The first-order chi connectivity index (χ1) is 9.77. The van der Waals surface area contributed by atoms with Crippen LogP contribution in [0.15, 0.2) is 39.9 Å². The zero-order valence-corrected chi connectivity index (χ0v) is 12.1. The molecule has 0 saturated heterocycles. The van der Waals surface area contributed by atoms with Crippen LogP contribution in [0.4, 0.5) is 5.69 Å². The van der Waals surface area contributed by atoms with Gasteiger partial charge >= 0.3 is 5.69 Å². The van der Waals surface area contributed by atoms with Crippen molar-refractivity contribution in [1.82, 2.24) is 9.97 Å². The Bertz CT molecular complexity index is 753. The van der Waals surface area contributed by atoms with Crippen LogP contribution >= 0.6 is 0 Å². The molecule has 0 aliphatic rings. The van der Waals surface area contributed by atoms with Gasteiger partial charge in [0.15, 0.2) is 0 Å². The number of nitrogens with one attached hydrogen (secondary N) is 3. The Kier molecular flexibility index (Phi) is 3.80. The van der Waals surface area contributed by atoms with Gasteiger partial charge in [-0.05, 0) is 17.0 Å². The van der Waals surface area contributed by atoms with Crippen molar-refractivity contribution < 1.29 is 4.79 Å². The van der Waals surface area contributed by atoms with Crippen LogP contribution in [0.25, 0.3) is 0 Å². The summed E-state index contributed by atoms with van der Waals surface area (Å²) < 4.78 is 0. The van der Waals surface area contributed by atoms with Crippen molar-refractivity contribution >= 4 is 11.6 Å². The summed E-state index contributed by atoms with van der Waals surface area (Å²) in [7, 11) is 0. The second-order valence-corrected chi connectivity index (χ2v) is 5.75. The lowest BCUT2D eigenvalue weighted by molar-refractivity contribution is 0.102. The largest absolute Gasteiger partial charge is 0.326 e. The molecule has 0 aliphatic heterocycles. The highest BCUT2D eigenvalue weighted by molar-refractivity contribution is 6.03. The summed E-state index contributed by atoms with van der Waals surface area (Å²) in [4.78, 5) is 38.9. The Balaban J connectivity index is 2.37. The maximum Gasteiger partial charge on any atom is 0.326 e.